The summed E-state index contributed by atoms with van der Waals surface area (Å²) >= 11 is 0. The van der Waals surface area contributed by atoms with E-state index in [4.69, 9.17) is 0 Å². The highest BCUT2D eigenvalue weighted by molar-refractivity contribution is 5.83. The summed E-state index contributed by atoms with van der Waals surface area (Å²) in [5.41, 5.74) is 1.08. The van der Waals surface area contributed by atoms with Gasteiger partial charge in [-0.25, -0.2) is 0 Å². The van der Waals surface area contributed by atoms with Crippen molar-refractivity contribution < 1.29 is 9.90 Å². The van der Waals surface area contributed by atoms with Crippen LogP contribution in [0.5, 0.6) is 0 Å². The zero-order chi connectivity index (χ0) is 17.5. The van der Waals surface area contributed by atoms with Crippen molar-refractivity contribution in [1.82, 2.24) is 19.6 Å². The molecule has 0 unspecified atom stereocenters. The molecule has 1 N–H and O–H groups in total. The lowest BCUT2D eigenvalue weighted by Gasteiger charge is -2.38. The molecule has 1 saturated carbocycles. The minimum atomic E-state index is -0.335. The number of carbonyl (C=O) groups is 1. The van der Waals surface area contributed by atoms with Crippen molar-refractivity contribution in [2.45, 2.75) is 39.2 Å². The van der Waals surface area contributed by atoms with Gasteiger partial charge in [-0.2, -0.15) is 5.10 Å². The normalized spacial score (nSPS) is 26.5. The van der Waals surface area contributed by atoms with Gasteiger partial charge in [-0.1, -0.05) is 20.8 Å². The van der Waals surface area contributed by atoms with Gasteiger partial charge in [0.2, 0.25) is 5.91 Å². The van der Waals surface area contributed by atoms with Gasteiger partial charge >= 0.3 is 0 Å². The van der Waals surface area contributed by atoms with Crippen LogP contribution in [0, 0.1) is 11.3 Å². The van der Waals surface area contributed by atoms with E-state index in [1.165, 1.54) is 5.56 Å². The number of hydrogen-bond acceptors (Lipinski definition) is 4. The van der Waals surface area contributed by atoms with Crippen molar-refractivity contribution in [2.75, 3.05) is 32.7 Å². The number of nitrogens with zero attached hydrogens (tertiary/aromatic N) is 4. The molecular weight excluding hydrogens is 304 g/mol. The van der Waals surface area contributed by atoms with Gasteiger partial charge in [0.15, 0.2) is 0 Å². The van der Waals surface area contributed by atoms with Crippen LogP contribution in [0.15, 0.2) is 12.4 Å². The fourth-order valence-corrected chi connectivity index (χ4v) is 3.37. The van der Waals surface area contributed by atoms with E-state index in [2.05, 4.69) is 30.8 Å². The third-order valence-electron chi connectivity index (χ3n) is 5.38. The third kappa shape index (κ3) is 3.81. The molecule has 1 amide bonds. The predicted molar refractivity (Wildman–Crippen MR) is 92.5 cm³/mol. The van der Waals surface area contributed by atoms with Gasteiger partial charge < -0.3 is 10.0 Å². The van der Waals surface area contributed by atoms with Gasteiger partial charge in [0, 0.05) is 51.9 Å². The van der Waals surface area contributed by atoms with Gasteiger partial charge in [-0.15, -0.1) is 0 Å². The number of amides is 1. The number of aliphatic hydroxyl groups is 1. The van der Waals surface area contributed by atoms with Crippen LogP contribution in [-0.2, 0) is 11.8 Å². The molecule has 1 aromatic rings. The molecule has 2 fully saturated rings. The molecule has 1 aliphatic carbocycles. The molecule has 0 aromatic carbocycles. The van der Waals surface area contributed by atoms with Gasteiger partial charge in [0.05, 0.1) is 12.3 Å². The Morgan fingerprint density at radius 3 is 2.54 bits per heavy atom. The fourth-order valence-electron chi connectivity index (χ4n) is 3.37. The van der Waals surface area contributed by atoms with E-state index >= 15 is 0 Å². The van der Waals surface area contributed by atoms with Crippen molar-refractivity contribution in [1.29, 1.82) is 0 Å². The molecule has 2 heterocycles. The van der Waals surface area contributed by atoms with Gasteiger partial charge in [0.25, 0.3) is 0 Å². The maximum atomic E-state index is 12.7. The van der Waals surface area contributed by atoms with Crippen LogP contribution in [0.4, 0.5) is 0 Å². The summed E-state index contributed by atoms with van der Waals surface area (Å²) in [6.45, 7) is 10.1. The number of carbonyl (C=O) groups excluding carboxylic acids is 1. The molecule has 1 saturated heterocycles. The maximum Gasteiger partial charge on any atom is 0.226 e. The molecule has 0 radical (unpaired) electrons. The summed E-state index contributed by atoms with van der Waals surface area (Å²) in [4.78, 5) is 16.9. The summed E-state index contributed by atoms with van der Waals surface area (Å²) in [5, 5.41) is 14.4. The van der Waals surface area contributed by atoms with E-state index < -0.39 is 0 Å². The van der Waals surface area contributed by atoms with Crippen molar-refractivity contribution >= 4 is 5.91 Å². The Hall–Kier alpha value is -1.40. The molecule has 134 valence electrons. The maximum absolute atomic E-state index is 12.7. The Labute approximate surface area is 144 Å². The van der Waals surface area contributed by atoms with E-state index in [9.17, 15) is 9.90 Å². The molecule has 0 spiro atoms. The lowest BCUT2D eigenvalue weighted by molar-refractivity contribution is -0.134. The first-order valence-corrected chi connectivity index (χ1v) is 8.93. The molecule has 3 atom stereocenters. The number of aryl methyl sites for hydroxylation is 1. The summed E-state index contributed by atoms with van der Waals surface area (Å²) in [5.74, 6) is 0.785. The van der Waals surface area contributed by atoms with Crippen LogP contribution in [0.3, 0.4) is 0 Å². The summed E-state index contributed by atoms with van der Waals surface area (Å²) in [6.07, 6.45) is 4.51. The van der Waals surface area contributed by atoms with Gasteiger partial charge in [-0.3, -0.25) is 14.4 Å². The number of β-amino-alcohol motifs (C(OH)–C–C–N with tert-alkyl or cyclic N) is 1. The van der Waals surface area contributed by atoms with Crippen molar-refractivity contribution in [2.24, 2.45) is 18.4 Å². The molecule has 1 aromatic heterocycles. The second-order valence-corrected chi connectivity index (χ2v) is 8.40. The Morgan fingerprint density at radius 2 is 2.00 bits per heavy atom. The molecule has 0 bridgehead atoms. The average Bonchev–Trinajstić information content (AvgIpc) is 3.21. The quantitative estimate of drug-likeness (QED) is 0.895. The largest absolute Gasteiger partial charge is 0.391 e. The second kappa shape index (κ2) is 6.48. The monoisotopic (exact) mass is 334 g/mol. The van der Waals surface area contributed by atoms with Crippen molar-refractivity contribution in [3.05, 3.63) is 18.0 Å². The van der Waals surface area contributed by atoms with Crippen LogP contribution < -0.4 is 0 Å². The highest BCUT2D eigenvalue weighted by Crippen LogP contribution is 2.48. The minimum absolute atomic E-state index is 0.0993. The Morgan fingerprint density at radius 1 is 1.33 bits per heavy atom. The predicted octanol–water partition coefficient (Wildman–Crippen LogP) is 1.07. The van der Waals surface area contributed by atoms with Crippen LogP contribution >= 0.6 is 0 Å². The zero-order valence-corrected chi connectivity index (χ0v) is 15.3. The van der Waals surface area contributed by atoms with E-state index in [0.29, 0.717) is 18.4 Å². The van der Waals surface area contributed by atoms with E-state index in [-0.39, 0.29) is 17.4 Å². The van der Waals surface area contributed by atoms with Crippen LogP contribution in [-0.4, -0.2) is 69.4 Å². The summed E-state index contributed by atoms with van der Waals surface area (Å²) in [7, 11) is 1.91. The summed E-state index contributed by atoms with van der Waals surface area (Å²) < 4.78 is 1.80. The third-order valence-corrected chi connectivity index (χ3v) is 5.38. The Kier molecular flexibility index (Phi) is 4.71. The molecular formula is C18H30N4O2. The van der Waals surface area contributed by atoms with Crippen LogP contribution in [0.2, 0.25) is 0 Å². The highest BCUT2D eigenvalue weighted by atomic mass is 16.3. The average molecular weight is 334 g/mol. The Balaban J connectivity index is 1.46. The molecule has 1 aliphatic heterocycles. The number of rotatable bonds is 4. The van der Waals surface area contributed by atoms with Gasteiger partial charge in [-0.05, 0) is 23.3 Å². The van der Waals surface area contributed by atoms with Crippen LogP contribution in [0.25, 0.3) is 0 Å². The smallest absolute Gasteiger partial charge is 0.226 e. The van der Waals surface area contributed by atoms with Crippen molar-refractivity contribution in [3.8, 4) is 0 Å². The second-order valence-electron chi connectivity index (χ2n) is 8.40. The number of aliphatic hydroxyl groups excluding tert-OH is 1. The molecule has 6 heteroatoms. The topological polar surface area (TPSA) is 61.6 Å². The summed E-state index contributed by atoms with van der Waals surface area (Å²) in [6, 6.07) is 0. The highest BCUT2D eigenvalue weighted by Gasteiger charge is 2.46. The zero-order valence-electron chi connectivity index (χ0n) is 15.3. The molecule has 3 rings (SSSR count). The van der Waals surface area contributed by atoms with Crippen LogP contribution in [0.1, 0.15) is 38.7 Å². The number of piperazine rings is 1. The number of hydrogen-bond donors (Lipinski definition) is 1. The SMILES string of the molecule is Cn1cc([C@@H]2C[C@@H]2C(=O)N2CCN(C[C@H](O)C(C)(C)C)CC2)cn1. The molecule has 2 aliphatic rings. The lowest BCUT2D eigenvalue weighted by Crippen LogP contribution is -2.52. The molecule has 6 nitrogen and oxygen atoms in total. The number of aromatic nitrogens is 2. The van der Waals surface area contributed by atoms with E-state index in [1.807, 2.05) is 24.3 Å². The molecule has 24 heavy (non-hydrogen) atoms. The van der Waals surface area contributed by atoms with E-state index in [1.54, 1.807) is 4.68 Å². The fraction of sp³-hybridized carbons (Fsp3) is 0.778. The first-order chi connectivity index (χ1) is 11.3. The lowest BCUT2D eigenvalue weighted by atomic mass is 9.89. The standard InChI is InChI=1S/C18H30N4O2/c1-18(2,3)16(23)12-21-5-7-22(8-6-21)17(24)15-9-14(15)13-10-19-20(4)11-13/h10-11,14-16,23H,5-9,12H2,1-4H3/t14-,15-,16-/m0/s1. The minimum Gasteiger partial charge on any atom is -0.391 e. The van der Waals surface area contributed by atoms with E-state index in [0.717, 1.165) is 32.6 Å². The Bertz CT molecular complexity index is 584. The van der Waals surface area contributed by atoms with Gasteiger partial charge in [0.1, 0.15) is 0 Å². The van der Waals surface area contributed by atoms with Crippen molar-refractivity contribution in [3.63, 3.8) is 0 Å². The first-order valence-electron chi connectivity index (χ1n) is 8.93. The first kappa shape index (κ1) is 17.4.